The predicted molar refractivity (Wildman–Crippen MR) is 91.5 cm³/mol. The minimum atomic E-state index is 0.844. The highest BCUT2D eigenvalue weighted by atomic mass is 127. The van der Waals surface area contributed by atoms with Crippen molar-refractivity contribution in [2.75, 3.05) is 5.32 Å². The summed E-state index contributed by atoms with van der Waals surface area (Å²) in [4.78, 5) is 8.67. The van der Waals surface area contributed by atoms with Gasteiger partial charge < -0.3 is 5.32 Å². The molecular weight excluding hydrogens is 361 g/mol. The van der Waals surface area contributed by atoms with Gasteiger partial charge in [0, 0.05) is 14.6 Å². The molecule has 4 heteroatoms. The van der Waals surface area contributed by atoms with E-state index in [0.29, 0.717) is 0 Å². The smallest absolute Gasteiger partial charge is 0.141 e. The molecule has 3 aromatic rings. The summed E-state index contributed by atoms with van der Waals surface area (Å²) in [5, 5.41) is 4.43. The fourth-order valence-electron chi connectivity index (χ4n) is 2.08. The Labute approximate surface area is 131 Å². The van der Waals surface area contributed by atoms with E-state index in [1.807, 2.05) is 6.07 Å². The van der Waals surface area contributed by atoms with Crippen molar-refractivity contribution in [2.24, 2.45) is 0 Å². The van der Waals surface area contributed by atoms with E-state index < -0.39 is 0 Å². The molecule has 1 aromatic heterocycles. The number of nitrogens with zero attached hydrogens (tertiary/aromatic N) is 2. The number of benzene rings is 2. The van der Waals surface area contributed by atoms with Crippen LogP contribution in [0, 0.1) is 17.4 Å². The van der Waals surface area contributed by atoms with Crippen LogP contribution in [-0.2, 0) is 0 Å². The first kappa shape index (κ1) is 13.3. The summed E-state index contributed by atoms with van der Waals surface area (Å²) >= 11 is 2.30. The van der Waals surface area contributed by atoms with E-state index in [9.17, 15) is 0 Å². The summed E-state index contributed by atoms with van der Waals surface area (Å²) in [7, 11) is 0. The number of aryl methyl sites for hydroxylation is 2. The van der Waals surface area contributed by atoms with Crippen molar-refractivity contribution in [2.45, 2.75) is 13.8 Å². The van der Waals surface area contributed by atoms with Crippen molar-refractivity contribution in [3.8, 4) is 0 Å². The maximum Gasteiger partial charge on any atom is 0.141 e. The summed E-state index contributed by atoms with van der Waals surface area (Å²) in [5.74, 6) is 0.844. The molecule has 0 aliphatic rings. The molecule has 0 saturated heterocycles. The summed E-state index contributed by atoms with van der Waals surface area (Å²) < 4.78 is 1.17. The Kier molecular flexibility index (Phi) is 3.56. The topological polar surface area (TPSA) is 37.8 Å². The first-order chi connectivity index (χ1) is 9.63. The first-order valence-corrected chi connectivity index (χ1v) is 7.46. The van der Waals surface area contributed by atoms with Crippen molar-refractivity contribution in [3.63, 3.8) is 0 Å². The molecule has 0 aliphatic carbocycles. The third kappa shape index (κ3) is 2.60. The normalized spacial score (nSPS) is 10.8. The molecule has 0 amide bonds. The maximum absolute atomic E-state index is 4.37. The second-order valence-corrected chi connectivity index (χ2v) is 6.05. The van der Waals surface area contributed by atoms with Gasteiger partial charge in [0.05, 0.1) is 5.52 Å². The summed E-state index contributed by atoms with van der Waals surface area (Å²) in [6, 6.07) is 12.5. The zero-order chi connectivity index (χ0) is 14.1. The molecule has 3 rings (SSSR count). The van der Waals surface area contributed by atoms with Gasteiger partial charge in [0.15, 0.2) is 0 Å². The number of hydrogen-bond acceptors (Lipinski definition) is 3. The highest BCUT2D eigenvalue weighted by Gasteiger charge is 2.05. The van der Waals surface area contributed by atoms with E-state index in [0.717, 1.165) is 22.4 Å². The van der Waals surface area contributed by atoms with Crippen molar-refractivity contribution >= 4 is 45.0 Å². The van der Waals surface area contributed by atoms with Crippen molar-refractivity contribution < 1.29 is 0 Å². The number of rotatable bonds is 2. The number of fused-ring (bicyclic) bond motifs is 1. The Bertz CT molecular complexity index is 784. The van der Waals surface area contributed by atoms with E-state index in [4.69, 9.17) is 0 Å². The van der Waals surface area contributed by atoms with E-state index in [-0.39, 0.29) is 0 Å². The maximum atomic E-state index is 4.37. The van der Waals surface area contributed by atoms with Crippen LogP contribution in [0.4, 0.5) is 11.5 Å². The first-order valence-electron chi connectivity index (χ1n) is 6.38. The van der Waals surface area contributed by atoms with E-state index in [2.05, 4.69) is 82.1 Å². The molecule has 0 spiro atoms. The summed E-state index contributed by atoms with van der Waals surface area (Å²) in [6.07, 6.45) is 1.60. The van der Waals surface area contributed by atoms with Crippen molar-refractivity contribution in [3.05, 3.63) is 57.4 Å². The monoisotopic (exact) mass is 375 g/mol. The largest absolute Gasteiger partial charge is 0.340 e. The number of aromatic nitrogens is 2. The molecule has 0 saturated carbocycles. The molecule has 100 valence electrons. The Morgan fingerprint density at radius 1 is 0.950 bits per heavy atom. The average Bonchev–Trinajstić information content (AvgIpc) is 2.44. The second-order valence-electron chi connectivity index (χ2n) is 4.81. The fourth-order valence-corrected chi connectivity index (χ4v) is 2.58. The number of anilines is 2. The highest BCUT2D eigenvalue weighted by molar-refractivity contribution is 14.1. The second kappa shape index (κ2) is 5.36. The van der Waals surface area contributed by atoms with Crippen LogP contribution in [0.3, 0.4) is 0 Å². The van der Waals surface area contributed by atoms with Crippen molar-refractivity contribution in [1.29, 1.82) is 0 Å². The van der Waals surface area contributed by atoms with Crippen LogP contribution in [0.1, 0.15) is 11.1 Å². The molecular formula is C16H14IN3. The molecule has 2 aromatic carbocycles. The van der Waals surface area contributed by atoms with Crippen LogP contribution >= 0.6 is 22.6 Å². The van der Waals surface area contributed by atoms with Gasteiger partial charge in [0.1, 0.15) is 12.1 Å². The predicted octanol–water partition coefficient (Wildman–Crippen LogP) is 4.59. The standard InChI is InChI=1S/C16H14IN3/c1-10-3-5-13(7-11(10)2)20-16-14-8-12(17)4-6-15(14)18-9-19-16/h3-9H,1-2H3,(H,18,19,20). The summed E-state index contributed by atoms with van der Waals surface area (Å²) in [5.41, 5.74) is 4.55. The Morgan fingerprint density at radius 2 is 1.80 bits per heavy atom. The van der Waals surface area contributed by atoms with Crippen LogP contribution in [0.2, 0.25) is 0 Å². The minimum Gasteiger partial charge on any atom is -0.340 e. The number of nitrogens with one attached hydrogen (secondary N) is 1. The van der Waals surface area contributed by atoms with Crippen molar-refractivity contribution in [1.82, 2.24) is 9.97 Å². The molecule has 0 radical (unpaired) electrons. The van der Waals surface area contributed by atoms with Gasteiger partial charge in [0.2, 0.25) is 0 Å². The zero-order valence-corrected chi connectivity index (χ0v) is 13.5. The molecule has 3 nitrogen and oxygen atoms in total. The highest BCUT2D eigenvalue weighted by Crippen LogP contribution is 2.25. The lowest BCUT2D eigenvalue weighted by molar-refractivity contribution is 1.21. The minimum absolute atomic E-state index is 0.844. The molecule has 0 fully saturated rings. The van der Waals surface area contributed by atoms with Crippen LogP contribution in [-0.4, -0.2) is 9.97 Å². The lowest BCUT2D eigenvalue weighted by Gasteiger charge is -2.10. The van der Waals surface area contributed by atoms with Crippen LogP contribution in [0.15, 0.2) is 42.7 Å². The van der Waals surface area contributed by atoms with Gasteiger partial charge in [-0.15, -0.1) is 0 Å². The molecule has 0 unspecified atom stereocenters. The quantitative estimate of drug-likeness (QED) is 0.666. The van der Waals surface area contributed by atoms with Gasteiger partial charge in [0.25, 0.3) is 0 Å². The van der Waals surface area contributed by atoms with Gasteiger partial charge in [-0.05, 0) is 77.9 Å². The lowest BCUT2D eigenvalue weighted by Crippen LogP contribution is -1.97. The molecule has 20 heavy (non-hydrogen) atoms. The Hall–Kier alpha value is -1.69. The molecule has 1 N–H and O–H groups in total. The van der Waals surface area contributed by atoms with Gasteiger partial charge in [-0.1, -0.05) is 6.07 Å². The third-order valence-corrected chi connectivity index (χ3v) is 4.04. The lowest BCUT2D eigenvalue weighted by atomic mass is 10.1. The SMILES string of the molecule is Cc1ccc(Nc2ncnc3ccc(I)cc23)cc1C. The molecule has 0 aliphatic heterocycles. The van der Waals surface area contributed by atoms with E-state index in [1.54, 1.807) is 6.33 Å². The number of hydrogen-bond donors (Lipinski definition) is 1. The molecule has 1 heterocycles. The van der Waals surface area contributed by atoms with Gasteiger partial charge in [-0.3, -0.25) is 0 Å². The van der Waals surface area contributed by atoms with Crippen LogP contribution in [0.5, 0.6) is 0 Å². The van der Waals surface area contributed by atoms with Crippen LogP contribution < -0.4 is 5.32 Å². The molecule has 0 atom stereocenters. The van der Waals surface area contributed by atoms with Gasteiger partial charge in [-0.25, -0.2) is 9.97 Å². The fraction of sp³-hybridized carbons (Fsp3) is 0.125. The van der Waals surface area contributed by atoms with E-state index >= 15 is 0 Å². The average molecular weight is 375 g/mol. The Morgan fingerprint density at radius 3 is 2.60 bits per heavy atom. The number of halogens is 1. The zero-order valence-electron chi connectivity index (χ0n) is 11.3. The molecule has 0 bridgehead atoms. The van der Waals surface area contributed by atoms with Gasteiger partial charge in [-0.2, -0.15) is 0 Å². The van der Waals surface area contributed by atoms with E-state index in [1.165, 1.54) is 14.7 Å². The summed E-state index contributed by atoms with van der Waals surface area (Å²) in [6.45, 7) is 4.23. The Balaban J connectivity index is 2.05. The van der Waals surface area contributed by atoms with Crippen LogP contribution in [0.25, 0.3) is 10.9 Å². The third-order valence-electron chi connectivity index (χ3n) is 3.37. The van der Waals surface area contributed by atoms with Gasteiger partial charge >= 0.3 is 0 Å².